The largest absolute Gasteiger partial charge is 1.00 e. The van der Waals surface area contributed by atoms with Gasteiger partial charge in [0.1, 0.15) is 21.9 Å². The number of hydrogen-bond acceptors (Lipinski definition) is 10. The number of phenolic OH excluding ortho intramolecular Hbond substituents is 2. The third kappa shape index (κ3) is 7.24. The Morgan fingerprint density at radius 3 is 2.04 bits per heavy atom. The number of fused-ring (bicyclic) bond motifs is 2. The molecule has 4 aromatic carbocycles. The average molecular weight is 731 g/mol. The van der Waals surface area contributed by atoms with Crippen LogP contribution in [0.1, 0.15) is 53.3 Å². The van der Waals surface area contributed by atoms with E-state index in [1.807, 2.05) is 6.92 Å². The van der Waals surface area contributed by atoms with Gasteiger partial charge in [0.05, 0.1) is 33.8 Å². The van der Waals surface area contributed by atoms with Crippen LogP contribution in [-0.4, -0.2) is 35.2 Å². The van der Waals surface area contributed by atoms with E-state index >= 15 is 0 Å². The number of para-hydroxylation sites is 1. The zero-order valence-electron chi connectivity index (χ0n) is 25.7. The van der Waals surface area contributed by atoms with Crippen LogP contribution in [-0.2, 0) is 4.74 Å². The molecule has 1 aliphatic heterocycles. The Morgan fingerprint density at radius 2 is 1.43 bits per heavy atom. The summed E-state index contributed by atoms with van der Waals surface area (Å²) in [6, 6.07) is 9.91. The molecule has 4 aromatic rings. The van der Waals surface area contributed by atoms with Crippen molar-refractivity contribution in [2.24, 2.45) is 0 Å². The second-order valence-corrected chi connectivity index (χ2v) is 11.5. The number of carboxylic acid groups (broad SMARTS) is 1. The summed E-state index contributed by atoms with van der Waals surface area (Å²) < 4.78 is 15.9. The second-order valence-electron chi connectivity index (χ2n) is 9.93. The van der Waals surface area contributed by atoms with Crippen molar-refractivity contribution in [1.82, 2.24) is 0 Å². The van der Waals surface area contributed by atoms with Gasteiger partial charge in [-0.2, -0.15) is 0 Å². The average Bonchev–Trinajstić information content (AvgIpc) is 3.19. The van der Waals surface area contributed by atoms with Crippen LogP contribution < -0.4 is 49.5 Å². The van der Waals surface area contributed by atoms with E-state index in [4.69, 9.17) is 60.6 Å². The number of aromatic carboxylic acids is 1. The summed E-state index contributed by atoms with van der Waals surface area (Å²) in [7, 11) is 1.17. The first-order valence-electron chi connectivity index (χ1n) is 13.2. The maximum Gasteiger partial charge on any atom is 1.00 e. The SMILES string of the molecule is COC(=O)c1c(C)c2c(c(C)c1O)OC(=O)c1c(C)c(Cl)c(O)c(Cl)c1O2.Cc1ccc(Cl)c(Nc2ccccc2C(=O)[O-])c1Cl.[Na+]. The van der Waals surface area contributed by atoms with Crippen molar-refractivity contribution in [2.75, 3.05) is 12.4 Å². The Bertz CT molecular complexity index is 1950. The van der Waals surface area contributed by atoms with Crippen molar-refractivity contribution in [3.05, 3.63) is 95.4 Å². The number of nitrogens with one attached hydrogen (secondary N) is 1. The fourth-order valence-electron chi connectivity index (χ4n) is 4.56. The monoisotopic (exact) mass is 729 g/mol. The van der Waals surface area contributed by atoms with Crippen molar-refractivity contribution in [1.29, 1.82) is 0 Å². The predicted octanol–water partition coefficient (Wildman–Crippen LogP) is 4.85. The maximum atomic E-state index is 12.7. The van der Waals surface area contributed by atoms with Gasteiger partial charge in [0.15, 0.2) is 23.0 Å². The Hall–Kier alpha value is -3.35. The van der Waals surface area contributed by atoms with Crippen LogP contribution in [0.3, 0.4) is 0 Å². The van der Waals surface area contributed by atoms with Gasteiger partial charge < -0.3 is 39.6 Å². The number of rotatable bonds is 4. The van der Waals surface area contributed by atoms with Gasteiger partial charge in [0.25, 0.3) is 0 Å². The summed E-state index contributed by atoms with van der Waals surface area (Å²) in [6.07, 6.45) is 0. The molecule has 0 atom stereocenters. The van der Waals surface area contributed by atoms with Crippen molar-refractivity contribution < 1.29 is 73.5 Å². The number of benzene rings is 4. The van der Waals surface area contributed by atoms with E-state index < -0.39 is 29.4 Å². The molecular weight excluding hydrogens is 707 g/mol. The van der Waals surface area contributed by atoms with Crippen LogP contribution in [0.4, 0.5) is 11.4 Å². The fraction of sp³-hybridized carbons (Fsp3) is 0.156. The number of halogens is 4. The molecule has 0 radical (unpaired) electrons. The topological polar surface area (TPSA) is 154 Å². The van der Waals surface area contributed by atoms with Gasteiger partial charge in [-0.1, -0.05) is 70.7 Å². The zero-order valence-corrected chi connectivity index (χ0v) is 30.8. The van der Waals surface area contributed by atoms with Crippen molar-refractivity contribution >= 4 is 75.7 Å². The molecule has 1 heterocycles. The molecule has 1 aliphatic rings. The van der Waals surface area contributed by atoms with E-state index in [-0.39, 0.29) is 90.2 Å². The number of carbonyl (C=O) groups is 3. The van der Waals surface area contributed by atoms with Crippen LogP contribution >= 0.6 is 46.4 Å². The molecule has 0 saturated carbocycles. The summed E-state index contributed by atoms with van der Waals surface area (Å²) in [6.45, 7) is 6.27. The molecule has 0 unspecified atom stereocenters. The van der Waals surface area contributed by atoms with Crippen molar-refractivity contribution in [3.8, 4) is 28.7 Å². The predicted molar refractivity (Wildman–Crippen MR) is 172 cm³/mol. The molecule has 15 heteroatoms. The molecule has 0 aromatic heterocycles. The molecule has 0 spiro atoms. The Balaban J connectivity index is 0.000000265. The smallest absolute Gasteiger partial charge is 0.545 e. The molecule has 5 rings (SSSR count). The molecule has 0 amide bonds. The van der Waals surface area contributed by atoms with E-state index in [0.29, 0.717) is 21.4 Å². The molecular formula is C32H24Cl4NNaO9. The first-order chi connectivity index (χ1) is 21.6. The molecule has 0 fully saturated rings. The van der Waals surface area contributed by atoms with Crippen LogP contribution in [0.2, 0.25) is 20.1 Å². The third-order valence-electron chi connectivity index (χ3n) is 7.08. The molecule has 10 nitrogen and oxygen atoms in total. The minimum Gasteiger partial charge on any atom is -0.545 e. The minimum absolute atomic E-state index is 0. The standard InChI is InChI=1S/C18H14Cl2O7.C14H11Cl2NO2.Na/c1-5-9-16(11(20)13(22)10(5)19)26-14-6(2)8(17(23)25-4)12(21)7(3)15(14)27-18(9)24;1-8-6-7-10(15)13(12(8)16)17-11-5-3-2-4-9(11)14(18)19;/h21-22H,1-4H3;2-7,17H,1H3,(H,18,19);/q;;+1/p-1. The first kappa shape index (κ1) is 38.1. The normalized spacial score (nSPS) is 11.3. The summed E-state index contributed by atoms with van der Waals surface area (Å²) in [4.78, 5) is 35.8. The Kier molecular flexibility index (Phi) is 12.4. The maximum absolute atomic E-state index is 12.7. The zero-order chi connectivity index (χ0) is 34.2. The van der Waals surface area contributed by atoms with Gasteiger partial charge in [-0.15, -0.1) is 0 Å². The number of carbonyl (C=O) groups excluding carboxylic acids is 3. The number of ether oxygens (including phenoxy) is 3. The van der Waals surface area contributed by atoms with E-state index in [1.54, 1.807) is 30.3 Å². The number of methoxy groups -OCH3 is 1. The number of aryl methyl sites for hydroxylation is 1. The number of hydrogen-bond donors (Lipinski definition) is 3. The molecule has 240 valence electrons. The fourth-order valence-corrected chi connectivity index (χ4v) is 5.49. The Labute approximate surface area is 311 Å². The summed E-state index contributed by atoms with van der Waals surface area (Å²) >= 11 is 24.4. The molecule has 47 heavy (non-hydrogen) atoms. The summed E-state index contributed by atoms with van der Waals surface area (Å²) in [5.41, 5.74) is 2.03. The van der Waals surface area contributed by atoms with Crippen molar-refractivity contribution in [3.63, 3.8) is 0 Å². The van der Waals surface area contributed by atoms with Gasteiger partial charge in [0, 0.05) is 22.4 Å². The van der Waals surface area contributed by atoms with Crippen LogP contribution in [0.15, 0.2) is 36.4 Å². The second kappa shape index (κ2) is 15.3. The van der Waals surface area contributed by atoms with Gasteiger partial charge in [-0.25, -0.2) is 9.59 Å². The summed E-state index contributed by atoms with van der Waals surface area (Å²) in [5, 5.41) is 35.0. The van der Waals surface area contributed by atoms with E-state index in [0.717, 1.165) is 5.56 Å². The summed E-state index contributed by atoms with van der Waals surface area (Å²) in [5.74, 6) is -4.00. The van der Waals surface area contributed by atoms with E-state index in [1.165, 1.54) is 33.9 Å². The van der Waals surface area contributed by atoms with Gasteiger partial charge >= 0.3 is 41.5 Å². The first-order valence-corrected chi connectivity index (χ1v) is 14.7. The van der Waals surface area contributed by atoms with Crippen molar-refractivity contribution in [2.45, 2.75) is 27.7 Å². The number of carboxylic acids is 1. The van der Waals surface area contributed by atoms with E-state index in [2.05, 4.69) is 5.32 Å². The van der Waals surface area contributed by atoms with Gasteiger partial charge in [0.2, 0.25) is 0 Å². The Morgan fingerprint density at radius 1 is 0.809 bits per heavy atom. The molecule has 0 saturated heterocycles. The number of anilines is 2. The molecule has 0 bridgehead atoms. The number of esters is 2. The minimum atomic E-state index is -1.26. The number of aromatic hydroxyl groups is 2. The quantitative estimate of drug-likeness (QED) is 0.151. The van der Waals surface area contributed by atoms with Crippen LogP contribution in [0.25, 0.3) is 0 Å². The molecule has 3 N–H and O–H groups in total. The third-order valence-corrected chi connectivity index (χ3v) is 8.70. The van der Waals surface area contributed by atoms with Gasteiger partial charge in [-0.3, -0.25) is 0 Å². The van der Waals surface area contributed by atoms with Crippen LogP contribution in [0.5, 0.6) is 28.7 Å². The molecule has 0 aliphatic carbocycles. The van der Waals surface area contributed by atoms with Crippen LogP contribution in [0, 0.1) is 27.7 Å². The van der Waals surface area contributed by atoms with Gasteiger partial charge in [-0.05, 0) is 51.0 Å². The number of phenols is 2. The van der Waals surface area contributed by atoms with E-state index in [9.17, 15) is 29.7 Å².